The number of amides is 1. The molecule has 0 aliphatic carbocycles. The first-order valence-corrected chi connectivity index (χ1v) is 9.19. The Balaban J connectivity index is 2.22. The Bertz CT molecular complexity index is 802. The van der Waals surface area contributed by atoms with E-state index in [1.807, 2.05) is 13.8 Å². The second-order valence-corrected chi connectivity index (χ2v) is 7.01. The third-order valence-corrected chi connectivity index (χ3v) is 5.34. The third-order valence-electron chi connectivity index (χ3n) is 3.75. The lowest BCUT2D eigenvalue weighted by atomic mass is 10.2. The molecule has 0 aliphatic heterocycles. The zero-order valence-corrected chi connectivity index (χ0v) is 15.1. The van der Waals surface area contributed by atoms with Gasteiger partial charge in [-0.2, -0.15) is 13.5 Å². The van der Waals surface area contributed by atoms with Gasteiger partial charge in [0.25, 0.3) is 15.9 Å². The average Bonchev–Trinajstić information content (AvgIpc) is 2.88. The fourth-order valence-corrected chi connectivity index (χ4v) is 3.91. The molecule has 7 nitrogen and oxygen atoms in total. The number of benzene rings is 1. The largest absolute Gasteiger partial charge is 0.339 e. The molecule has 1 N–H and O–H groups in total. The minimum absolute atomic E-state index is 0.0723. The van der Waals surface area contributed by atoms with E-state index in [4.69, 9.17) is 0 Å². The molecule has 0 unspecified atom stereocenters. The zero-order chi connectivity index (χ0) is 17.9. The van der Waals surface area contributed by atoms with Crippen LogP contribution in [0.15, 0.2) is 35.5 Å². The van der Waals surface area contributed by atoms with E-state index in [0.29, 0.717) is 29.9 Å². The van der Waals surface area contributed by atoms with E-state index >= 15 is 0 Å². The van der Waals surface area contributed by atoms with Crippen molar-refractivity contribution in [2.75, 3.05) is 17.8 Å². The van der Waals surface area contributed by atoms with E-state index in [1.54, 1.807) is 43.1 Å². The van der Waals surface area contributed by atoms with E-state index in [2.05, 4.69) is 9.82 Å². The van der Waals surface area contributed by atoms with Crippen molar-refractivity contribution in [3.05, 3.63) is 41.6 Å². The normalized spacial score (nSPS) is 11.3. The zero-order valence-electron chi connectivity index (χ0n) is 14.3. The quantitative estimate of drug-likeness (QED) is 0.864. The molecule has 1 amide bonds. The topological polar surface area (TPSA) is 84.3 Å². The van der Waals surface area contributed by atoms with Crippen LogP contribution in [0.1, 0.15) is 29.8 Å². The Kier molecular flexibility index (Phi) is 5.28. The molecule has 8 heteroatoms. The van der Waals surface area contributed by atoms with Crippen LogP contribution in [0.5, 0.6) is 0 Å². The summed E-state index contributed by atoms with van der Waals surface area (Å²) in [5.74, 6) is -0.0723. The number of hydrogen-bond acceptors (Lipinski definition) is 4. The van der Waals surface area contributed by atoms with Gasteiger partial charge in [-0.05, 0) is 45.0 Å². The molecule has 0 radical (unpaired) electrons. The highest BCUT2D eigenvalue weighted by Crippen LogP contribution is 2.19. The minimum atomic E-state index is -3.73. The SMILES string of the molecule is CCN(CC)C(=O)c1ccc(NS(=O)(=O)c2c(C)cnn2C)cc1. The summed E-state index contributed by atoms with van der Waals surface area (Å²) in [6, 6.07) is 6.41. The highest BCUT2D eigenvalue weighted by atomic mass is 32.2. The smallest absolute Gasteiger partial charge is 0.279 e. The van der Waals surface area contributed by atoms with Gasteiger partial charge in [0.2, 0.25) is 0 Å². The Morgan fingerprint density at radius 3 is 2.25 bits per heavy atom. The van der Waals surface area contributed by atoms with Gasteiger partial charge in [-0.1, -0.05) is 0 Å². The molecular formula is C16H22N4O3S. The van der Waals surface area contributed by atoms with E-state index < -0.39 is 10.0 Å². The number of hydrogen-bond donors (Lipinski definition) is 1. The lowest BCUT2D eigenvalue weighted by molar-refractivity contribution is 0.0773. The summed E-state index contributed by atoms with van der Waals surface area (Å²) in [6.45, 7) is 6.78. The fraction of sp³-hybridized carbons (Fsp3) is 0.375. The Hall–Kier alpha value is -2.35. The number of carbonyl (C=O) groups is 1. The summed E-state index contributed by atoms with van der Waals surface area (Å²) >= 11 is 0. The maximum Gasteiger partial charge on any atom is 0.279 e. The van der Waals surface area contributed by atoms with Gasteiger partial charge >= 0.3 is 0 Å². The molecule has 2 aromatic rings. The van der Waals surface area contributed by atoms with Crippen LogP contribution in [0.4, 0.5) is 5.69 Å². The molecule has 0 fully saturated rings. The van der Waals surface area contributed by atoms with Gasteiger partial charge < -0.3 is 4.90 Å². The van der Waals surface area contributed by atoms with Gasteiger partial charge in [-0.25, -0.2) is 0 Å². The summed E-state index contributed by atoms with van der Waals surface area (Å²) in [5, 5.41) is 4.06. The van der Waals surface area contributed by atoms with Crippen molar-refractivity contribution in [1.82, 2.24) is 14.7 Å². The Morgan fingerprint density at radius 2 is 1.79 bits per heavy atom. The lowest BCUT2D eigenvalue weighted by Crippen LogP contribution is -2.30. The van der Waals surface area contributed by atoms with Gasteiger partial charge in [0.05, 0.1) is 6.20 Å². The summed E-state index contributed by atoms with van der Waals surface area (Å²) in [7, 11) is -2.16. The van der Waals surface area contributed by atoms with Crippen molar-refractivity contribution < 1.29 is 13.2 Å². The number of aromatic nitrogens is 2. The Morgan fingerprint density at radius 1 is 1.21 bits per heavy atom. The molecule has 24 heavy (non-hydrogen) atoms. The number of sulfonamides is 1. The van der Waals surface area contributed by atoms with E-state index in [1.165, 1.54) is 10.9 Å². The second kappa shape index (κ2) is 7.04. The Labute approximate surface area is 142 Å². The van der Waals surface area contributed by atoms with Crippen molar-refractivity contribution in [3.8, 4) is 0 Å². The number of aryl methyl sites for hydroxylation is 2. The van der Waals surface area contributed by atoms with Crippen LogP contribution in [0.25, 0.3) is 0 Å². The van der Waals surface area contributed by atoms with Crippen molar-refractivity contribution in [2.45, 2.75) is 25.8 Å². The van der Waals surface area contributed by atoms with E-state index in [0.717, 1.165) is 0 Å². The molecule has 0 saturated heterocycles. The van der Waals surface area contributed by atoms with Gasteiger partial charge in [-0.3, -0.25) is 14.2 Å². The number of nitrogens with one attached hydrogen (secondary N) is 1. The van der Waals surface area contributed by atoms with Crippen LogP contribution in [-0.4, -0.2) is 42.1 Å². The predicted octanol–water partition coefficient (Wildman–Crippen LogP) is 2.01. The highest BCUT2D eigenvalue weighted by Gasteiger charge is 2.21. The van der Waals surface area contributed by atoms with Crippen LogP contribution in [0, 0.1) is 6.92 Å². The number of anilines is 1. The van der Waals surface area contributed by atoms with Crippen molar-refractivity contribution >= 4 is 21.6 Å². The first kappa shape index (κ1) is 18.0. The molecule has 0 bridgehead atoms. The summed E-state index contributed by atoms with van der Waals surface area (Å²) in [4.78, 5) is 14.0. The van der Waals surface area contributed by atoms with Crippen molar-refractivity contribution in [3.63, 3.8) is 0 Å². The van der Waals surface area contributed by atoms with Crippen LogP contribution in [0.2, 0.25) is 0 Å². The molecule has 0 atom stereocenters. The van der Waals surface area contributed by atoms with E-state index in [-0.39, 0.29) is 10.9 Å². The number of nitrogens with zero attached hydrogens (tertiary/aromatic N) is 3. The molecule has 2 rings (SSSR count). The predicted molar refractivity (Wildman–Crippen MR) is 92.4 cm³/mol. The first-order valence-electron chi connectivity index (χ1n) is 7.71. The fourth-order valence-electron chi connectivity index (χ4n) is 2.50. The molecule has 0 saturated carbocycles. The monoisotopic (exact) mass is 350 g/mol. The van der Waals surface area contributed by atoms with E-state index in [9.17, 15) is 13.2 Å². The van der Waals surface area contributed by atoms with Gasteiger partial charge in [0.1, 0.15) is 0 Å². The molecule has 0 spiro atoms. The first-order chi connectivity index (χ1) is 11.3. The maximum atomic E-state index is 12.5. The molecule has 0 aliphatic rings. The van der Waals surface area contributed by atoms with Crippen LogP contribution in [0.3, 0.4) is 0 Å². The van der Waals surface area contributed by atoms with Gasteiger partial charge in [0.15, 0.2) is 5.03 Å². The van der Waals surface area contributed by atoms with Crippen LogP contribution < -0.4 is 4.72 Å². The summed E-state index contributed by atoms with van der Waals surface area (Å²) < 4.78 is 28.8. The maximum absolute atomic E-state index is 12.5. The molecule has 1 aromatic carbocycles. The van der Waals surface area contributed by atoms with Crippen molar-refractivity contribution in [1.29, 1.82) is 0 Å². The standard InChI is InChI=1S/C16H22N4O3S/c1-5-20(6-2)15(21)13-7-9-14(10-8-13)18-24(22,23)16-12(3)11-17-19(16)4/h7-11,18H,5-6H2,1-4H3. The summed E-state index contributed by atoms with van der Waals surface area (Å²) in [5.41, 5.74) is 1.49. The second-order valence-electron chi connectivity index (χ2n) is 5.42. The van der Waals surface area contributed by atoms with Crippen LogP contribution >= 0.6 is 0 Å². The summed E-state index contributed by atoms with van der Waals surface area (Å²) in [6.07, 6.45) is 1.50. The molecule has 130 valence electrons. The number of carbonyl (C=O) groups excluding carboxylic acids is 1. The highest BCUT2D eigenvalue weighted by molar-refractivity contribution is 7.92. The van der Waals surface area contributed by atoms with Gasteiger partial charge in [-0.15, -0.1) is 0 Å². The van der Waals surface area contributed by atoms with Crippen molar-refractivity contribution in [2.24, 2.45) is 7.05 Å². The third kappa shape index (κ3) is 3.59. The molecule has 1 heterocycles. The number of rotatable bonds is 6. The van der Waals surface area contributed by atoms with Gasteiger partial charge in [0, 0.05) is 37.0 Å². The minimum Gasteiger partial charge on any atom is -0.339 e. The molecular weight excluding hydrogens is 328 g/mol. The average molecular weight is 350 g/mol. The lowest BCUT2D eigenvalue weighted by Gasteiger charge is -2.18. The molecule has 1 aromatic heterocycles. The van der Waals surface area contributed by atoms with Crippen LogP contribution in [-0.2, 0) is 17.1 Å².